The maximum Gasteiger partial charge on any atom is 0.387 e. The van der Waals surface area contributed by atoms with Crippen LogP contribution in [0.4, 0.5) is 8.78 Å². The molecule has 7 heteroatoms. The Hall–Kier alpha value is -3.74. The van der Waals surface area contributed by atoms with Crippen molar-refractivity contribution in [2.45, 2.75) is 6.61 Å². The van der Waals surface area contributed by atoms with E-state index in [1.807, 2.05) is 48.5 Å². The molecule has 1 N–H and O–H groups in total. The Morgan fingerprint density at radius 2 is 1.59 bits per heavy atom. The summed E-state index contributed by atoms with van der Waals surface area (Å²) in [4.78, 5) is 12.0. The number of carbonyl (C=O) groups is 1. The number of halogens is 2. The first-order chi connectivity index (χ1) is 14.1. The molecule has 0 saturated carbocycles. The van der Waals surface area contributed by atoms with Gasteiger partial charge in [0.15, 0.2) is 6.61 Å². The molecule has 0 bridgehead atoms. The number of benzene rings is 3. The minimum Gasteiger partial charge on any atom is -0.483 e. The molecule has 0 spiro atoms. The molecule has 0 heterocycles. The van der Waals surface area contributed by atoms with Gasteiger partial charge in [0.05, 0.1) is 6.21 Å². The molecule has 0 aliphatic carbocycles. The number of nitrogens with zero attached hydrogens (tertiary/aromatic N) is 1. The average Bonchev–Trinajstić information content (AvgIpc) is 2.74. The van der Waals surface area contributed by atoms with E-state index in [0.717, 1.165) is 11.1 Å². The Morgan fingerprint density at radius 1 is 0.931 bits per heavy atom. The lowest BCUT2D eigenvalue weighted by molar-refractivity contribution is -0.123. The van der Waals surface area contributed by atoms with Crippen molar-refractivity contribution in [2.75, 3.05) is 6.61 Å². The third-order valence-corrected chi connectivity index (χ3v) is 3.86. The summed E-state index contributed by atoms with van der Waals surface area (Å²) < 4.78 is 34.9. The van der Waals surface area contributed by atoms with Gasteiger partial charge in [-0.3, -0.25) is 4.79 Å². The lowest BCUT2D eigenvalue weighted by Crippen LogP contribution is -2.24. The maximum absolute atomic E-state index is 12.4. The van der Waals surface area contributed by atoms with E-state index in [9.17, 15) is 13.6 Å². The summed E-state index contributed by atoms with van der Waals surface area (Å²) in [7, 11) is 0. The largest absolute Gasteiger partial charge is 0.483 e. The third-order valence-electron chi connectivity index (χ3n) is 3.86. The van der Waals surface area contributed by atoms with Gasteiger partial charge in [-0.2, -0.15) is 13.9 Å². The van der Waals surface area contributed by atoms with E-state index in [4.69, 9.17) is 4.74 Å². The molecule has 0 saturated heterocycles. The molecule has 148 valence electrons. The van der Waals surface area contributed by atoms with Gasteiger partial charge >= 0.3 is 6.61 Å². The van der Waals surface area contributed by atoms with Crippen molar-refractivity contribution in [1.82, 2.24) is 5.43 Å². The Kier molecular flexibility index (Phi) is 6.89. The molecular formula is C22H18F2N2O3. The molecular weight excluding hydrogens is 378 g/mol. The van der Waals surface area contributed by atoms with Crippen molar-refractivity contribution in [3.05, 3.63) is 84.4 Å². The van der Waals surface area contributed by atoms with Crippen LogP contribution in [0.2, 0.25) is 0 Å². The molecule has 3 aromatic rings. The van der Waals surface area contributed by atoms with Gasteiger partial charge in [-0.05, 0) is 23.8 Å². The summed E-state index contributed by atoms with van der Waals surface area (Å²) in [5, 5.41) is 3.77. The van der Waals surface area contributed by atoms with Crippen LogP contribution in [-0.4, -0.2) is 25.3 Å². The Balaban J connectivity index is 1.59. The highest BCUT2D eigenvalue weighted by molar-refractivity contribution is 5.85. The van der Waals surface area contributed by atoms with Crippen LogP contribution in [0.25, 0.3) is 11.1 Å². The van der Waals surface area contributed by atoms with Crippen LogP contribution >= 0.6 is 0 Å². The van der Waals surface area contributed by atoms with Gasteiger partial charge in [0.2, 0.25) is 0 Å². The molecule has 0 radical (unpaired) electrons. The molecule has 0 aliphatic rings. The molecule has 1 amide bonds. The fraction of sp³-hybridized carbons (Fsp3) is 0.0909. The summed E-state index contributed by atoms with van der Waals surface area (Å²) in [6.07, 6.45) is 1.23. The second-order valence-electron chi connectivity index (χ2n) is 5.86. The van der Waals surface area contributed by atoms with E-state index in [1.165, 1.54) is 12.3 Å². The van der Waals surface area contributed by atoms with E-state index >= 15 is 0 Å². The first-order valence-corrected chi connectivity index (χ1v) is 8.76. The number of rotatable bonds is 8. The zero-order valence-corrected chi connectivity index (χ0v) is 15.3. The first-order valence-electron chi connectivity index (χ1n) is 8.76. The van der Waals surface area contributed by atoms with E-state index in [1.54, 1.807) is 24.3 Å². The molecule has 0 unspecified atom stereocenters. The number of amides is 1. The zero-order valence-electron chi connectivity index (χ0n) is 15.3. The predicted octanol–water partition coefficient (Wildman–Crippen LogP) is 4.48. The second kappa shape index (κ2) is 9.98. The number of hydrogen-bond donors (Lipinski definition) is 1. The highest BCUT2D eigenvalue weighted by atomic mass is 19.3. The lowest BCUT2D eigenvalue weighted by atomic mass is 10.1. The van der Waals surface area contributed by atoms with Gasteiger partial charge < -0.3 is 9.47 Å². The number of hydrazone groups is 1. The second-order valence-corrected chi connectivity index (χ2v) is 5.86. The molecule has 0 aliphatic heterocycles. The highest BCUT2D eigenvalue weighted by Gasteiger charge is 2.09. The van der Waals surface area contributed by atoms with E-state index in [-0.39, 0.29) is 12.4 Å². The monoisotopic (exact) mass is 396 g/mol. The number of para-hydroxylation sites is 2. The molecule has 29 heavy (non-hydrogen) atoms. The van der Waals surface area contributed by atoms with Crippen molar-refractivity contribution in [2.24, 2.45) is 5.10 Å². The van der Waals surface area contributed by atoms with Crippen LogP contribution in [-0.2, 0) is 4.79 Å². The summed E-state index contributed by atoms with van der Waals surface area (Å²) in [6.45, 7) is -3.20. The predicted molar refractivity (Wildman–Crippen MR) is 106 cm³/mol. The van der Waals surface area contributed by atoms with Crippen LogP contribution in [0.3, 0.4) is 0 Å². The van der Waals surface area contributed by atoms with E-state index in [2.05, 4.69) is 15.3 Å². The van der Waals surface area contributed by atoms with Crippen LogP contribution < -0.4 is 14.9 Å². The fourth-order valence-electron chi connectivity index (χ4n) is 2.59. The molecule has 5 nitrogen and oxygen atoms in total. The van der Waals surface area contributed by atoms with Gasteiger partial charge in [-0.15, -0.1) is 0 Å². The average molecular weight is 396 g/mol. The zero-order chi connectivity index (χ0) is 20.5. The number of ether oxygens (including phenoxy) is 2. The van der Waals surface area contributed by atoms with E-state index in [0.29, 0.717) is 11.3 Å². The molecule has 3 rings (SSSR count). The van der Waals surface area contributed by atoms with Crippen molar-refractivity contribution >= 4 is 12.1 Å². The van der Waals surface area contributed by atoms with Crippen molar-refractivity contribution in [3.8, 4) is 22.6 Å². The van der Waals surface area contributed by atoms with Gasteiger partial charge in [0, 0.05) is 11.1 Å². The fourth-order valence-corrected chi connectivity index (χ4v) is 2.59. The summed E-state index contributed by atoms with van der Waals surface area (Å²) in [6, 6.07) is 23.2. The van der Waals surface area contributed by atoms with Gasteiger partial charge in [0.1, 0.15) is 11.5 Å². The van der Waals surface area contributed by atoms with Gasteiger partial charge in [-0.1, -0.05) is 60.7 Å². The standard InChI is InChI=1S/C22H18F2N2O3/c23-22(24)29-19-12-6-4-10-17(19)14-25-26-21(27)15-28-20-13-7-5-11-18(20)16-8-2-1-3-9-16/h1-14,22H,15H2,(H,26,27)/b25-14-. The summed E-state index contributed by atoms with van der Waals surface area (Å²) in [5.41, 5.74) is 4.45. The van der Waals surface area contributed by atoms with Crippen LogP contribution in [0, 0.1) is 0 Å². The number of nitrogens with one attached hydrogen (secondary N) is 1. The first kappa shape index (κ1) is 20.0. The van der Waals surface area contributed by atoms with Crippen LogP contribution in [0.15, 0.2) is 84.0 Å². The number of hydrogen-bond acceptors (Lipinski definition) is 4. The third kappa shape index (κ3) is 5.87. The molecule has 0 atom stereocenters. The number of alkyl halides is 2. The smallest absolute Gasteiger partial charge is 0.387 e. The molecule has 0 fully saturated rings. The minimum absolute atomic E-state index is 0.0338. The van der Waals surface area contributed by atoms with Crippen LogP contribution in [0.1, 0.15) is 5.56 Å². The molecule has 3 aromatic carbocycles. The van der Waals surface area contributed by atoms with Crippen LogP contribution in [0.5, 0.6) is 11.5 Å². The molecule has 0 aromatic heterocycles. The lowest BCUT2D eigenvalue weighted by Gasteiger charge is -2.11. The topological polar surface area (TPSA) is 59.9 Å². The SMILES string of the molecule is O=C(COc1ccccc1-c1ccccc1)N/N=C\c1ccccc1OC(F)F. The number of carbonyl (C=O) groups excluding carboxylic acids is 1. The Bertz CT molecular complexity index is 979. The normalized spacial score (nSPS) is 10.9. The van der Waals surface area contributed by atoms with Crippen molar-refractivity contribution < 1.29 is 23.0 Å². The summed E-state index contributed by atoms with van der Waals surface area (Å²) >= 11 is 0. The Labute approximate surface area is 166 Å². The minimum atomic E-state index is -2.95. The van der Waals surface area contributed by atoms with Gasteiger partial charge in [0.25, 0.3) is 5.91 Å². The van der Waals surface area contributed by atoms with Crippen molar-refractivity contribution in [3.63, 3.8) is 0 Å². The summed E-state index contributed by atoms with van der Waals surface area (Å²) in [5.74, 6) is 0.0402. The van der Waals surface area contributed by atoms with Gasteiger partial charge in [-0.25, -0.2) is 5.43 Å². The highest BCUT2D eigenvalue weighted by Crippen LogP contribution is 2.29. The van der Waals surface area contributed by atoms with Crippen molar-refractivity contribution in [1.29, 1.82) is 0 Å². The van der Waals surface area contributed by atoms with E-state index < -0.39 is 12.5 Å². The maximum atomic E-state index is 12.4. The Morgan fingerprint density at radius 3 is 2.34 bits per heavy atom. The quantitative estimate of drug-likeness (QED) is 0.451.